The molecule has 0 spiro atoms. The van der Waals surface area contributed by atoms with E-state index in [2.05, 4.69) is 16.0 Å². The molecule has 1 saturated carbocycles. The molecule has 0 radical (unpaired) electrons. The van der Waals surface area contributed by atoms with E-state index >= 15 is 0 Å². The summed E-state index contributed by atoms with van der Waals surface area (Å²) in [5.74, 6) is -0.728. The standard InChI is InChI=1S/C14H17N3O3/c1-9(18)16-12-4-2-3-10(7-12)14(20)15-8-13(19)17-11-5-6-11/h2-4,7,11H,5-6,8H2,1H3,(H,15,20)(H,16,18)(H,17,19). The second-order valence-corrected chi connectivity index (χ2v) is 4.79. The van der Waals surface area contributed by atoms with Crippen LogP contribution in [0.1, 0.15) is 30.1 Å². The van der Waals surface area contributed by atoms with Gasteiger partial charge in [0.2, 0.25) is 11.8 Å². The molecule has 1 aromatic rings. The fraction of sp³-hybridized carbons (Fsp3) is 0.357. The maximum Gasteiger partial charge on any atom is 0.251 e. The first-order valence-corrected chi connectivity index (χ1v) is 6.50. The highest BCUT2D eigenvalue weighted by Gasteiger charge is 2.23. The Kier molecular flexibility index (Phi) is 4.34. The smallest absolute Gasteiger partial charge is 0.251 e. The van der Waals surface area contributed by atoms with Crippen LogP contribution < -0.4 is 16.0 Å². The van der Waals surface area contributed by atoms with Crippen molar-refractivity contribution < 1.29 is 14.4 Å². The van der Waals surface area contributed by atoms with E-state index in [1.54, 1.807) is 24.3 Å². The Balaban J connectivity index is 1.87. The average molecular weight is 275 g/mol. The zero-order valence-corrected chi connectivity index (χ0v) is 11.2. The van der Waals surface area contributed by atoms with Crippen molar-refractivity contribution in [3.8, 4) is 0 Å². The van der Waals surface area contributed by atoms with E-state index < -0.39 is 0 Å². The summed E-state index contributed by atoms with van der Waals surface area (Å²) in [5, 5.41) is 7.94. The van der Waals surface area contributed by atoms with Crippen molar-refractivity contribution >= 4 is 23.4 Å². The van der Waals surface area contributed by atoms with Crippen molar-refractivity contribution in [3.63, 3.8) is 0 Å². The molecule has 0 heterocycles. The van der Waals surface area contributed by atoms with Crippen molar-refractivity contribution in [3.05, 3.63) is 29.8 Å². The number of carbonyl (C=O) groups is 3. The molecule has 0 unspecified atom stereocenters. The third-order valence-corrected chi connectivity index (χ3v) is 2.80. The minimum Gasteiger partial charge on any atom is -0.352 e. The van der Waals surface area contributed by atoms with E-state index in [-0.39, 0.29) is 30.3 Å². The summed E-state index contributed by atoms with van der Waals surface area (Å²) in [7, 11) is 0. The molecule has 106 valence electrons. The molecule has 1 aromatic carbocycles. The number of nitrogens with one attached hydrogen (secondary N) is 3. The highest BCUT2D eigenvalue weighted by atomic mass is 16.2. The Hall–Kier alpha value is -2.37. The lowest BCUT2D eigenvalue weighted by atomic mass is 10.2. The number of amides is 3. The first-order valence-electron chi connectivity index (χ1n) is 6.50. The number of carbonyl (C=O) groups excluding carboxylic acids is 3. The van der Waals surface area contributed by atoms with Gasteiger partial charge in [0.25, 0.3) is 5.91 Å². The molecule has 2 rings (SSSR count). The number of rotatable bonds is 5. The highest BCUT2D eigenvalue weighted by Crippen LogP contribution is 2.18. The summed E-state index contributed by atoms with van der Waals surface area (Å²) < 4.78 is 0. The largest absolute Gasteiger partial charge is 0.352 e. The van der Waals surface area contributed by atoms with Gasteiger partial charge in [-0.15, -0.1) is 0 Å². The predicted molar refractivity (Wildman–Crippen MR) is 74.2 cm³/mol. The number of hydrogen-bond donors (Lipinski definition) is 3. The highest BCUT2D eigenvalue weighted by molar-refractivity contribution is 5.98. The van der Waals surface area contributed by atoms with Crippen LogP contribution in [0.3, 0.4) is 0 Å². The first-order chi connectivity index (χ1) is 9.54. The second-order valence-electron chi connectivity index (χ2n) is 4.79. The van der Waals surface area contributed by atoms with E-state index in [4.69, 9.17) is 0 Å². The summed E-state index contributed by atoms with van der Waals surface area (Å²) in [4.78, 5) is 34.3. The van der Waals surface area contributed by atoms with Gasteiger partial charge in [-0.2, -0.15) is 0 Å². The third-order valence-electron chi connectivity index (χ3n) is 2.80. The SMILES string of the molecule is CC(=O)Nc1cccc(C(=O)NCC(=O)NC2CC2)c1. The fourth-order valence-corrected chi connectivity index (χ4v) is 1.71. The molecular weight excluding hydrogens is 258 g/mol. The van der Waals surface area contributed by atoms with Crippen molar-refractivity contribution in [2.24, 2.45) is 0 Å². The molecule has 0 bridgehead atoms. The number of hydrogen-bond acceptors (Lipinski definition) is 3. The summed E-state index contributed by atoms with van der Waals surface area (Å²) in [5.41, 5.74) is 0.947. The van der Waals surface area contributed by atoms with Gasteiger partial charge in [-0.05, 0) is 31.0 Å². The molecule has 1 aliphatic carbocycles. The first kappa shape index (κ1) is 14.0. The van der Waals surface area contributed by atoms with E-state index in [1.807, 2.05) is 0 Å². The van der Waals surface area contributed by atoms with Gasteiger partial charge in [0.05, 0.1) is 6.54 Å². The van der Waals surface area contributed by atoms with Crippen LogP contribution in [0.25, 0.3) is 0 Å². The van der Waals surface area contributed by atoms with Crippen molar-refractivity contribution in [1.82, 2.24) is 10.6 Å². The lowest BCUT2D eigenvalue weighted by Gasteiger charge is -2.07. The summed E-state index contributed by atoms with van der Waals surface area (Å²) in [6.45, 7) is 1.36. The van der Waals surface area contributed by atoms with Crippen LogP contribution in [0.4, 0.5) is 5.69 Å². The molecule has 1 aliphatic rings. The zero-order chi connectivity index (χ0) is 14.5. The van der Waals surface area contributed by atoms with Gasteiger partial charge in [-0.3, -0.25) is 14.4 Å². The average Bonchev–Trinajstić information content (AvgIpc) is 3.19. The van der Waals surface area contributed by atoms with E-state index in [0.717, 1.165) is 12.8 Å². The Labute approximate surface area is 116 Å². The fourth-order valence-electron chi connectivity index (χ4n) is 1.71. The monoisotopic (exact) mass is 275 g/mol. The van der Waals surface area contributed by atoms with Crippen LogP contribution in [0.5, 0.6) is 0 Å². The molecule has 6 nitrogen and oxygen atoms in total. The normalized spacial score (nSPS) is 13.4. The third kappa shape index (κ3) is 4.38. The molecule has 0 aromatic heterocycles. The van der Waals surface area contributed by atoms with Gasteiger partial charge in [0.15, 0.2) is 0 Å². The van der Waals surface area contributed by atoms with E-state index in [1.165, 1.54) is 6.92 Å². The Bertz CT molecular complexity index is 538. The molecule has 3 amide bonds. The maximum atomic E-state index is 11.9. The summed E-state index contributed by atoms with van der Waals surface area (Å²) >= 11 is 0. The Morgan fingerprint density at radius 2 is 2.00 bits per heavy atom. The molecular formula is C14H17N3O3. The quantitative estimate of drug-likeness (QED) is 0.737. The minimum atomic E-state index is -0.344. The molecule has 0 saturated heterocycles. The maximum absolute atomic E-state index is 11.9. The molecule has 0 atom stereocenters. The van der Waals surface area contributed by atoms with Gasteiger partial charge in [0, 0.05) is 24.2 Å². The predicted octanol–water partition coefficient (Wildman–Crippen LogP) is 0.653. The van der Waals surface area contributed by atoms with Crippen molar-refractivity contribution in [1.29, 1.82) is 0 Å². The van der Waals surface area contributed by atoms with E-state index in [9.17, 15) is 14.4 Å². The molecule has 1 fully saturated rings. The van der Waals surface area contributed by atoms with Gasteiger partial charge in [0.1, 0.15) is 0 Å². The molecule has 6 heteroatoms. The number of anilines is 1. The van der Waals surface area contributed by atoms with Crippen LogP contribution >= 0.6 is 0 Å². The second kappa shape index (κ2) is 6.18. The molecule has 0 aliphatic heterocycles. The van der Waals surface area contributed by atoms with Crippen molar-refractivity contribution in [2.45, 2.75) is 25.8 Å². The topological polar surface area (TPSA) is 87.3 Å². The number of benzene rings is 1. The van der Waals surface area contributed by atoms with Gasteiger partial charge in [-0.25, -0.2) is 0 Å². The Morgan fingerprint density at radius 1 is 1.25 bits per heavy atom. The van der Waals surface area contributed by atoms with Crippen LogP contribution in [-0.2, 0) is 9.59 Å². The lowest BCUT2D eigenvalue weighted by molar-refractivity contribution is -0.120. The van der Waals surface area contributed by atoms with Gasteiger partial charge < -0.3 is 16.0 Å². The summed E-state index contributed by atoms with van der Waals surface area (Å²) in [6, 6.07) is 6.83. The minimum absolute atomic E-state index is 0.0420. The van der Waals surface area contributed by atoms with Crippen molar-refractivity contribution in [2.75, 3.05) is 11.9 Å². The lowest BCUT2D eigenvalue weighted by Crippen LogP contribution is -2.37. The summed E-state index contributed by atoms with van der Waals surface area (Å²) in [6.07, 6.45) is 2.02. The Morgan fingerprint density at radius 3 is 2.65 bits per heavy atom. The van der Waals surface area contributed by atoms with Crippen LogP contribution in [0, 0.1) is 0 Å². The van der Waals surface area contributed by atoms with Gasteiger partial charge >= 0.3 is 0 Å². The van der Waals surface area contributed by atoms with Crippen LogP contribution in [0.15, 0.2) is 24.3 Å². The molecule has 3 N–H and O–H groups in total. The zero-order valence-electron chi connectivity index (χ0n) is 11.2. The van der Waals surface area contributed by atoms with Crippen LogP contribution in [-0.4, -0.2) is 30.3 Å². The van der Waals surface area contributed by atoms with E-state index in [0.29, 0.717) is 11.3 Å². The van der Waals surface area contributed by atoms with Gasteiger partial charge in [-0.1, -0.05) is 6.07 Å². The van der Waals surface area contributed by atoms with Crippen LogP contribution in [0.2, 0.25) is 0 Å². The molecule has 20 heavy (non-hydrogen) atoms.